The van der Waals surface area contributed by atoms with Crippen molar-refractivity contribution < 1.29 is 0 Å². The first-order valence-corrected chi connectivity index (χ1v) is 13.4. The topological polar surface area (TPSA) is 125 Å². The van der Waals surface area contributed by atoms with Gasteiger partial charge in [0.1, 0.15) is 5.82 Å². The van der Waals surface area contributed by atoms with Crippen LogP contribution in [0.2, 0.25) is 0 Å². The van der Waals surface area contributed by atoms with Gasteiger partial charge in [0.25, 0.3) is 0 Å². The highest BCUT2D eigenvalue weighted by atomic mass is 16.2. The maximum Gasteiger partial charge on any atom is 0.349 e. The largest absolute Gasteiger partial charge is 0.349 e. The van der Waals surface area contributed by atoms with Crippen LogP contribution in [0.1, 0.15) is 32.5 Å². The average Bonchev–Trinajstić information content (AvgIpc) is 3.44. The van der Waals surface area contributed by atoms with E-state index in [9.17, 15) is 9.59 Å². The van der Waals surface area contributed by atoms with Crippen LogP contribution in [0, 0.1) is 11.8 Å². The Morgan fingerprint density at radius 1 is 1.10 bits per heavy atom. The Bertz CT molecular complexity index is 1860. The smallest absolute Gasteiger partial charge is 0.339 e. The van der Waals surface area contributed by atoms with Gasteiger partial charge in [0.2, 0.25) is 0 Å². The molecule has 1 unspecified atom stereocenters. The molecule has 1 aliphatic rings. The molecule has 3 N–H and O–H groups in total. The Balaban J connectivity index is 1.50. The van der Waals surface area contributed by atoms with Crippen LogP contribution in [-0.2, 0) is 6.42 Å². The molecule has 1 aliphatic heterocycles. The van der Waals surface area contributed by atoms with E-state index in [1.807, 2.05) is 59.6 Å². The molecule has 0 radical (unpaired) electrons. The molecule has 4 heterocycles. The van der Waals surface area contributed by atoms with Crippen molar-refractivity contribution in [1.82, 2.24) is 34.9 Å². The molecule has 1 saturated heterocycles. The zero-order chi connectivity index (χ0) is 27.7. The first-order valence-electron chi connectivity index (χ1n) is 13.4. The number of nitrogens with one attached hydrogen (secondary N) is 3. The first kappa shape index (κ1) is 25.5. The third kappa shape index (κ3) is 4.54. The Kier molecular flexibility index (Phi) is 6.66. The number of para-hydroxylation sites is 1. The summed E-state index contributed by atoms with van der Waals surface area (Å²) in [7, 11) is 0. The minimum Gasteiger partial charge on any atom is -0.339 e. The molecule has 0 spiro atoms. The van der Waals surface area contributed by atoms with Gasteiger partial charge >= 0.3 is 11.2 Å². The van der Waals surface area contributed by atoms with Gasteiger partial charge in [-0.25, -0.2) is 19.7 Å². The molecule has 0 aliphatic carbocycles. The summed E-state index contributed by atoms with van der Waals surface area (Å²) in [6.45, 7) is 4.93. The van der Waals surface area contributed by atoms with Crippen molar-refractivity contribution in [2.75, 3.05) is 18.1 Å². The van der Waals surface area contributed by atoms with Crippen molar-refractivity contribution in [2.24, 2.45) is 0 Å². The van der Waals surface area contributed by atoms with E-state index in [0.717, 1.165) is 35.0 Å². The summed E-state index contributed by atoms with van der Waals surface area (Å²) in [6, 6.07) is 17.7. The van der Waals surface area contributed by atoms with Crippen LogP contribution in [0.25, 0.3) is 33.3 Å². The number of H-pyrrole nitrogens is 2. The molecule has 1 fully saturated rings. The molecule has 5 aromatic rings. The summed E-state index contributed by atoms with van der Waals surface area (Å²) >= 11 is 0. The summed E-state index contributed by atoms with van der Waals surface area (Å²) in [5.74, 6) is 6.67. The van der Waals surface area contributed by atoms with E-state index in [0.29, 0.717) is 25.3 Å². The van der Waals surface area contributed by atoms with Crippen LogP contribution >= 0.6 is 0 Å². The number of benzene rings is 2. The second-order valence-electron chi connectivity index (χ2n) is 10.2. The molecular formula is C30H30N8O2. The number of hydrogen-bond acceptors (Lipinski definition) is 7. The van der Waals surface area contributed by atoms with E-state index in [1.54, 1.807) is 6.92 Å². The fourth-order valence-corrected chi connectivity index (χ4v) is 5.71. The molecule has 40 heavy (non-hydrogen) atoms. The molecule has 0 bridgehead atoms. The standard InChI is InChI=1S/C30H30N8O2/c1-3-4-16-33-30(2)15-10-17-37(38-28(39)26-27(32-19-31-26)36-29(38)40)23(30)18-24-34-22-14-9-8-13-21(22)25(35-24)20-11-6-5-7-12-20/h5-9,11-14,19,23,33H,10,15-18H2,1-2H3,(H,31,32)(H,36,40)/t23?,30-/m1/s1. The number of aromatic amines is 2. The summed E-state index contributed by atoms with van der Waals surface area (Å²) in [4.78, 5) is 46.5. The Hall–Kier alpha value is -4.75. The maximum atomic E-state index is 13.5. The number of piperidine rings is 1. The van der Waals surface area contributed by atoms with Gasteiger partial charge in [-0.2, -0.15) is 4.68 Å². The monoisotopic (exact) mass is 534 g/mol. The van der Waals surface area contributed by atoms with Gasteiger partial charge in [-0.15, -0.1) is 5.92 Å². The SMILES string of the molecule is CC#CCN[C@]1(C)CCCN(n2c(=O)[nH]c3nc[nH]c3c2=O)C1Cc1nc(-c2ccccc2)c2ccccc2n1. The third-order valence-corrected chi connectivity index (χ3v) is 7.73. The van der Waals surface area contributed by atoms with Gasteiger partial charge in [-0.1, -0.05) is 54.5 Å². The Morgan fingerprint density at radius 3 is 2.73 bits per heavy atom. The van der Waals surface area contributed by atoms with Gasteiger partial charge in [-0.3, -0.25) is 15.1 Å². The Morgan fingerprint density at radius 2 is 1.90 bits per heavy atom. The normalized spacial score (nSPS) is 19.1. The van der Waals surface area contributed by atoms with Gasteiger partial charge in [0.05, 0.1) is 30.1 Å². The van der Waals surface area contributed by atoms with Crippen molar-refractivity contribution in [3.8, 4) is 23.1 Å². The van der Waals surface area contributed by atoms with Gasteiger partial charge < -0.3 is 9.99 Å². The molecule has 2 atom stereocenters. The minimum absolute atomic E-state index is 0.240. The zero-order valence-corrected chi connectivity index (χ0v) is 22.4. The molecule has 2 aromatic carbocycles. The van der Waals surface area contributed by atoms with E-state index < -0.39 is 16.8 Å². The fraction of sp³-hybridized carbons (Fsp3) is 0.300. The summed E-state index contributed by atoms with van der Waals surface area (Å²) < 4.78 is 1.20. The lowest BCUT2D eigenvalue weighted by atomic mass is 9.81. The van der Waals surface area contributed by atoms with Crippen LogP contribution in [-0.4, -0.2) is 54.3 Å². The van der Waals surface area contributed by atoms with Gasteiger partial charge in [0.15, 0.2) is 11.2 Å². The lowest BCUT2D eigenvalue weighted by Gasteiger charge is -2.49. The van der Waals surface area contributed by atoms with E-state index in [4.69, 9.17) is 9.97 Å². The average molecular weight is 535 g/mol. The van der Waals surface area contributed by atoms with Crippen LogP contribution in [0.3, 0.4) is 0 Å². The summed E-state index contributed by atoms with van der Waals surface area (Å²) in [5, 5.41) is 6.43. The van der Waals surface area contributed by atoms with Crippen molar-refractivity contribution in [1.29, 1.82) is 0 Å². The van der Waals surface area contributed by atoms with Crippen molar-refractivity contribution >= 4 is 22.1 Å². The second-order valence-corrected chi connectivity index (χ2v) is 10.2. The third-order valence-electron chi connectivity index (χ3n) is 7.73. The number of fused-ring (bicyclic) bond motifs is 2. The molecule has 0 amide bonds. The zero-order valence-electron chi connectivity index (χ0n) is 22.4. The van der Waals surface area contributed by atoms with Crippen LogP contribution in [0.5, 0.6) is 0 Å². The van der Waals surface area contributed by atoms with E-state index >= 15 is 0 Å². The predicted molar refractivity (Wildman–Crippen MR) is 156 cm³/mol. The minimum atomic E-state index is -0.531. The number of imidazole rings is 1. The maximum absolute atomic E-state index is 13.5. The van der Waals surface area contributed by atoms with E-state index in [-0.39, 0.29) is 17.2 Å². The van der Waals surface area contributed by atoms with Gasteiger partial charge in [0, 0.05) is 29.5 Å². The van der Waals surface area contributed by atoms with Crippen molar-refractivity contribution in [3.63, 3.8) is 0 Å². The summed E-state index contributed by atoms with van der Waals surface area (Å²) in [5.41, 5.74) is 1.73. The van der Waals surface area contributed by atoms with Crippen molar-refractivity contribution in [3.05, 3.63) is 87.6 Å². The number of hydrogen-bond donors (Lipinski definition) is 3. The number of rotatable bonds is 6. The highest BCUT2D eigenvalue weighted by molar-refractivity contribution is 5.92. The molecule has 0 saturated carbocycles. The lowest BCUT2D eigenvalue weighted by Crippen LogP contribution is -2.69. The number of nitrogens with zero attached hydrogens (tertiary/aromatic N) is 5. The summed E-state index contributed by atoms with van der Waals surface area (Å²) in [6.07, 6.45) is 3.42. The first-order chi connectivity index (χ1) is 19.5. The quantitative estimate of drug-likeness (QED) is 0.286. The molecule has 6 rings (SSSR count). The van der Waals surface area contributed by atoms with E-state index in [1.165, 1.54) is 11.0 Å². The predicted octanol–water partition coefficient (Wildman–Crippen LogP) is 2.74. The van der Waals surface area contributed by atoms with Crippen LogP contribution in [0.15, 0.2) is 70.5 Å². The number of aromatic nitrogens is 6. The fourth-order valence-electron chi connectivity index (χ4n) is 5.71. The molecule has 10 nitrogen and oxygen atoms in total. The highest BCUT2D eigenvalue weighted by Crippen LogP contribution is 2.31. The molecule has 10 heteroatoms. The molecule has 3 aromatic heterocycles. The Labute approximate surface area is 230 Å². The lowest BCUT2D eigenvalue weighted by molar-refractivity contribution is 0.197. The van der Waals surface area contributed by atoms with E-state index in [2.05, 4.69) is 39.0 Å². The van der Waals surface area contributed by atoms with Crippen molar-refractivity contribution in [2.45, 2.75) is 44.7 Å². The molecule has 202 valence electrons. The van der Waals surface area contributed by atoms with Crippen LogP contribution in [0.4, 0.5) is 0 Å². The van der Waals surface area contributed by atoms with Gasteiger partial charge in [-0.05, 0) is 32.8 Å². The van der Waals surface area contributed by atoms with Crippen LogP contribution < -0.4 is 21.6 Å². The second kappa shape index (κ2) is 10.4. The molecular weight excluding hydrogens is 504 g/mol. The highest BCUT2D eigenvalue weighted by Gasteiger charge is 2.43.